The maximum atomic E-state index is 8.59. The molecule has 1 aromatic carbocycles. The predicted molar refractivity (Wildman–Crippen MR) is 66.5 cm³/mol. The van der Waals surface area contributed by atoms with Gasteiger partial charge in [0.05, 0.1) is 33.4 Å². The Hall–Kier alpha value is -1.26. The van der Waals surface area contributed by atoms with E-state index in [1.54, 1.807) is 7.11 Å². The summed E-state index contributed by atoms with van der Waals surface area (Å²) < 4.78 is 10.7. The minimum atomic E-state index is 0.252. The molecule has 0 atom stereocenters. The van der Waals surface area contributed by atoms with Crippen LogP contribution in [0.4, 0.5) is 0 Å². The summed E-state index contributed by atoms with van der Waals surface area (Å²) in [6.07, 6.45) is 2.14. The topological polar surface area (TPSA) is 55.3 Å². The maximum Gasteiger partial charge on any atom is 0.119 e. The van der Waals surface area contributed by atoms with E-state index < -0.39 is 0 Å². The van der Waals surface area contributed by atoms with Crippen molar-refractivity contribution in [2.45, 2.75) is 12.8 Å². The minimum Gasteiger partial charge on any atom is -0.497 e. The van der Waals surface area contributed by atoms with E-state index in [4.69, 9.17) is 14.6 Å². The minimum absolute atomic E-state index is 0.252. The van der Waals surface area contributed by atoms with Crippen molar-refractivity contribution < 1.29 is 19.9 Å². The molecule has 0 aromatic heterocycles. The number of unbranched alkanes of at least 4 members (excludes halogenated alkanes) is 1. The van der Waals surface area contributed by atoms with Gasteiger partial charge >= 0.3 is 0 Å². The second-order valence-corrected chi connectivity index (χ2v) is 3.82. The molecule has 0 aliphatic carbocycles. The second kappa shape index (κ2) is 8.84. The fourth-order valence-electron chi connectivity index (χ4n) is 1.49. The summed E-state index contributed by atoms with van der Waals surface area (Å²) in [5.41, 5.74) is 0. The Morgan fingerprint density at radius 3 is 2.41 bits per heavy atom. The summed E-state index contributed by atoms with van der Waals surface area (Å²) in [6.45, 7) is 2.83. The number of benzene rings is 1. The summed E-state index contributed by atoms with van der Waals surface area (Å²) in [5, 5.41) is 10.7. The number of methoxy groups -OCH3 is 1. The van der Waals surface area contributed by atoms with Crippen LogP contribution in [0.3, 0.4) is 0 Å². The lowest BCUT2D eigenvalue weighted by atomic mass is 10.3. The Kier molecular flexibility index (Phi) is 7.18. The summed E-state index contributed by atoms with van der Waals surface area (Å²) in [6, 6.07) is 7.61. The predicted octanol–water partition coefficient (Wildman–Crippen LogP) is 0.410. The molecule has 0 saturated carbocycles. The third-order valence-corrected chi connectivity index (χ3v) is 2.46. The van der Waals surface area contributed by atoms with Crippen LogP contribution in [0.1, 0.15) is 12.8 Å². The Labute approximate surface area is 103 Å². The van der Waals surface area contributed by atoms with Crippen molar-refractivity contribution >= 4 is 0 Å². The maximum absolute atomic E-state index is 8.59. The second-order valence-electron chi connectivity index (χ2n) is 3.82. The summed E-state index contributed by atoms with van der Waals surface area (Å²) in [4.78, 5) is 0. The Balaban J connectivity index is 2.05. The van der Waals surface area contributed by atoms with Gasteiger partial charge in [-0.1, -0.05) is 0 Å². The normalized spacial score (nSPS) is 10.2. The molecule has 17 heavy (non-hydrogen) atoms. The molecule has 0 spiro atoms. The van der Waals surface area contributed by atoms with E-state index in [1.807, 2.05) is 24.3 Å². The first-order chi connectivity index (χ1) is 8.36. The highest BCUT2D eigenvalue weighted by Crippen LogP contribution is 2.16. The molecule has 3 N–H and O–H groups in total. The zero-order chi connectivity index (χ0) is 12.3. The first-order valence-electron chi connectivity index (χ1n) is 6.06. The van der Waals surface area contributed by atoms with Crippen molar-refractivity contribution in [1.82, 2.24) is 0 Å². The standard InChI is InChI=1S/C13H21NO3/c1-16-12-4-6-13(7-5-12)17-11-3-2-8-14-9-10-15/h4-7,14-15H,2-3,8-11H2,1H3/p+1. The molecule has 4 nitrogen and oxygen atoms in total. The third-order valence-electron chi connectivity index (χ3n) is 2.46. The van der Waals surface area contributed by atoms with Crippen LogP contribution in [-0.4, -0.2) is 38.5 Å². The molecular weight excluding hydrogens is 218 g/mol. The van der Waals surface area contributed by atoms with E-state index in [2.05, 4.69) is 5.32 Å². The lowest BCUT2D eigenvalue weighted by Crippen LogP contribution is -2.85. The molecule has 0 saturated heterocycles. The average Bonchev–Trinajstić information content (AvgIpc) is 2.38. The van der Waals surface area contributed by atoms with Gasteiger partial charge in [0.25, 0.3) is 0 Å². The molecule has 1 aromatic rings. The van der Waals surface area contributed by atoms with Crippen molar-refractivity contribution in [3.8, 4) is 11.5 Å². The fourth-order valence-corrected chi connectivity index (χ4v) is 1.49. The molecule has 0 bridgehead atoms. The van der Waals surface area contributed by atoms with Crippen molar-refractivity contribution in [3.63, 3.8) is 0 Å². The van der Waals surface area contributed by atoms with E-state index in [1.165, 1.54) is 0 Å². The summed E-state index contributed by atoms with van der Waals surface area (Å²) >= 11 is 0. The number of hydrogen-bond acceptors (Lipinski definition) is 3. The number of nitrogens with two attached hydrogens (primary N) is 1. The first-order valence-corrected chi connectivity index (χ1v) is 6.06. The highest BCUT2D eigenvalue weighted by molar-refractivity contribution is 5.30. The number of rotatable bonds is 9. The molecule has 96 valence electrons. The molecule has 0 aliphatic rings. The highest BCUT2D eigenvalue weighted by Gasteiger charge is 1.96. The van der Waals surface area contributed by atoms with Crippen molar-refractivity contribution in [2.75, 3.05) is 33.4 Å². The van der Waals surface area contributed by atoms with Gasteiger partial charge in [-0.2, -0.15) is 0 Å². The molecule has 0 radical (unpaired) electrons. The van der Waals surface area contributed by atoms with E-state index in [0.717, 1.165) is 44.0 Å². The van der Waals surface area contributed by atoms with Gasteiger partial charge in [-0.25, -0.2) is 0 Å². The van der Waals surface area contributed by atoms with E-state index in [9.17, 15) is 0 Å². The summed E-state index contributed by atoms with van der Waals surface area (Å²) in [5.74, 6) is 1.72. The summed E-state index contributed by atoms with van der Waals surface area (Å²) in [7, 11) is 1.65. The average molecular weight is 240 g/mol. The van der Waals surface area contributed by atoms with Crippen molar-refractivity contribution in [2.24, 2.45) is 0 Å². The Morgan fingerprint density at radius 1 is 1.06 bits per heavy atom. The van der Waals surface area contributed by atoms with E-state index in [0.29, 0.717) is 0 Å². The van der Waals surface area contributed by atoms with Gasteiger partial charge in [-0.05, 0) is 37.1 Å². The van der Waals surface area contributed by atoms with E-state index in [-0.39, 0.29) is 6.61 Å². The number of aliphatic hydroxyl groups is 1. The molecule has 0 amide bonds. The number of ether oxygens (including phenoxy) is 2. The molecule has 0 unspecified atom stereocenters. The Bertz CT molecular complexity index is 287. The zero-order valence-electron chi connectivity index (χ0n) is 10.4. The van der Waals surface area contributed by atoms with Crippen molar-refractivity contribution in [3.05, 3.63) is 24.3 Å². The highest BCUT2D eigenvalue weighted by atomic mass is 16.5. The number of quaternary nitrogens is 1. The number of aliphatic hydroxyl groups excluding tert-OH is 1. The van der Waals surface area contributed by atoms with Crippen LogP contribution < -0.4 is 14.8 Å². The molecule has 0 heterocycles. The van der Waals surface area contributed by atoms with Gasteiger partial charge in [-0.3, -0.25) is 0 Å². The van der Waals surface area contributed by atoms with Gasteiger partial charge in [-0.15, -0.1) is 0 Å². The van der Waals surface area contributed by atoms with Gasteiger partial charge in [0, 0.05) is 0 Å². The van der Waals surface area contributed by atoms with Crippen LogP contribution in [0.5, 0.6) is 11.5 Å². The lowest BCUT2D eigenvalue weighted by molar-refractivity contribution is -0.656. The lowest BCUT2D eigenvalue weighted by Gasteiger charge is -2.06. The number of hydrogen-bond donors (Lipinski definition) is 2. The van der Waals surface area contributed by atoms with Gasteiger partial charge in [0.15, 0.2) is 0 Å². The van der Waals surface area contributed by atoms with Crippen LogP contribution in [0, 0.1) is 0 Å². The van der Waals surface area contributed by atoms with E-state index >= 15 is 0 Å². The quantitative estimate of drug-likeness (QED) is 0.615. The Morgan fingerprint density at radius 2 is 1.76 bits per heavy atom. The van der Waals surface area contributed by atoms with Crippen LogP contribution in [0.25, 0.3) is 0 Å². The molecule has 0 aliphatic heterocycles. The molecule has 4 heteroatoms. The van der Waals surface area contributed by atoms with Crippen LogP contribution in [-0.2, 0) is 0 Å². The molecule has 0 fully saturated rings. The van der Waals surface area contributed by atoms with Gasteiger partial charge in [0.1, 0.15) is 11.5 Å². The third kappa shape index (κ3) is 6.14. The van der Waals surface area contributed by atoms with Gasteiger partial charge < -0.3 is 19.9 Å². The van der Waals surface area contributed by atoms with Gasteiger partial charge in [0.2, 0.25) is 0 Å². The van der Waals surface area contributed by atoms with Crippen molar-refractivity contribution in [1.29, 1.82) is 0 Å². The smallest absolute Gasteiger partial charge is 0.119 e. The molecule has 1 rings (SSSR count). The SMILES string of the molecule is COc1ccc(OCCCC[NH2+]CCO)cc1. The fraction of sp³-hybridized carbons (Fsp3) is 0.538. The zero-order valence-corrected chi connectivity index (χ0v) is 10.4. The first kappa shape index (κ1) is 13.8. The molecular formula is C13H22NO3+. The monoisotopic (exact) mass is 240 g/mol. The largest absolute Gasteiger partial charge is 0.497 e. The van der Waals surface area contributed by atoms with Crippen LogP contribution >= 0.6 is 0 Å². The van der Waals surface area contributed by atoms with Crippen LogP contribution in [0.2, 0.25) is 0 Å². The van der Waals surface area contributed by atoms with Crippen LogP contribution in [0.15, 0.2) is 24.3 Å².